The van der Waals surface area contributed by atoms with Gasteiger partial charge in [0.25, 0.3) is 0 Å². The maximum Gasteiger partial charge on any atom is 0.180 e. The molecule has 0 N–H and O–H groups in total. The van der Waals surface area contributed by atoms with Crippen molar-refractivity contribution in [1.29, 1.82) is 0 Å². The first-order chi connectivity index (χ1) is 31.2. The highest BCUT2D eigenvalue weighted by molar-refractivity contribution is 6.12. The van der Waals surface area contributed by atoms with Crippen molar-refractivity contribution in [1.82, 2.24) is 29.5 Å². The lowest BCUT2D eigenvalue weighted by Gasteiger charge is -2.10. The van der Waals surface area contributed by atoms with Crippen LogP contribution in [0.1, 0.15) is 0 Å². The third-order valence-electron chi connectivity index (χ3n) is 11.9. The van der Waals surface area contributed by atoms with E-state index >= 15 is 0 Å². The Kier molecular flexibility index (Phi) is 7.74. The molecule has 0 amide bonds. The van der Waals surface area contributed by atoms with Gasteiger partial charge in [-0.1, -0.05) is 140 Å². The first-order valence-electron chi connectivity index (χ1n) is 20.8. The molecule has 0 spiro atoms. The fourth-order valence-electron chi connectivity index (χ4n) is 8.93. The molecule has 0 radical (unpaired) electrons. The molecule has 0 unspecified atom stereocenters. The summed E-state index contributed by atoms with van der Waals surface area (Å²) in [6, 6.07) is 65.9. The van der Waals surface area contributed by atoms with E-state index in [-0.39, 0.29) is 0 Å². The first kappa shape index (κ1) is 35.0. The van der Waals surface area contributed by atoms with E-state index in [2.05, 4.69) is 89.5 Å². The van der Waals surface area contributed by atoms with Crippen LogP contribution in [0.25, 0.3) is 128 Å². The second kappa shape index (κ2) is 13.9. The number of hydrogen-bond acceptors (Lipinski definition) is 7. The van der Waals surface area contributed by atoms with Crippen LogP contribution in [-0.2, 0) is 0 Å². The molecule has 5 heterocycles. The lowest BCUT2D eigenvalue weighted by Crippen LogP contribution is -2.00. The topological polar surface area (TPSA) is 95.7 Å². The van der Waals surface area contributed by atoms with Crippen LogP contribution in [0, 0.1) is 0 Å². The summed E-state index contributed by atoms with van der Waals surface area (Å²) in [6.07, 6.45) is 0. The second-order valence-electron chi connectivity index (χ2n) is 15.6. The van der Waals surface area contributed by atoms with Crippen LogP contribution in [0.2, 0.25) is 0 Å². The summed E-state index contributed by atoms with van der Waals surface area (Å²) in [5.74, 6) is 2.25. The van der Waals surface area contributed by atoms with E-state index in [0.29, 0.717) is 40.0 Å². The van der Waals surface area contributed by atoms with Crippen molar-refractivity contribution in [3.05, 3.63) is 194 Å². The van der Waals surface area contributed by atoms with Crippen molar-refractivity contribution in [3.8, 4) is 62.5 Å². The Morgan fingerprint density at radius 1 is 0.333 bits per heavy atom. The van der Waals surface area contributed by atoms with Gasteiger partial charge < -0.3 is 13.4 Å². The smallest absolute Gasteiger partial charge is 0.180 e. The fourth-order valence-corrected chi connectivity index (χ4v) is 8.93. The number of furan rings is 2. The van der Waals surface area contributed by atoms with Crippen LogP contribution in [-0.4, -0.2) is 29.5 Å². The number of hydrogen-bond donors (Lipinski definition) is 0. The zero-order valence-corrected chi connectivity index (χ0v) is 33.5. The molecule has 8 aromatic carbocycles. The summed E-state index contributed by atoms with van der Waals surface area (Å²) < 4.78 is 15.5. The lowest BCUT2D eigenvalue weighted by molar-refractivity contribution is 0.666. The van der Waals surface area contributed by atoms with Crippen molar-refractivity contribution >= 4 is 65.8 Å². The van der Waals surface area contributed by atoms with Crippen LogP contribution < -0.4 is 0 Å². The zero-order chi connectivity index (χ0) is 41.4. The molecule has 8 nitrogen and oxygen atoms in total. The van der Waals surface area contributed by atoms with E-state index in [4.69, 9.17) is 33.8 Å². The molecular formula is C55H32N6O2. The Labute approximate surface area is 359 Å². The second-order valence-corrected chi connectivity index (χ2v) is 15.6. The quantitative estimate of drug-likeness (QED) is 0.165. The van der Waals surface area contributed by atoms with Gasteiger partial charge in [0.05, 0.1) is 16.6 Å². The Bertz CT molecular complexity index is 3910. The van der Waals surface area contributed by atoms with E-state index < -0.39 is 0 Å². The fraction of sp³-hybridized carbons (Fsp3) is 0. The van der Waals surface area contributed by atoms with Gasteiger partial charge in [-0.05, 0) is 54.6 Å². The Morgan fingerprint density at radius 3 is 1.70 bits per heavy atom. The standard InChI is InChI=1S/C55H32N6O2/c1-4-15-33(16-5-1)48-51-49(42-22-11-13-26-46(42)62-51)57-55(56-48)43-24-14-23-41-40-30-28-36(32-47(40)63-50(41)43)54-59-52(34-17-6-2-7-18-34)58-53(60-54)35-27-29-39-38-21-10-12-25-44(38)61(45(39)31-35)37-19-8-3-9-20-37/h1-32H. The molecule has 13 rings (SSSR count). The predicted molar refractivity (Wildman–Crippen MR) is 251 cm³/mol. The molecule has 8 heteroatoms. The van der Waals surface area contributed by atoms with E-state index in [1.54, 1.807) is 0 Å². The summed E-state index contributed by atoms with van der Waals surface area (Å²) in [7, 11) is 0. The van der Waals surface area contributed by atoms with Crippen molar-refractivity contribution in [2.24, 2.45) is 0 Å². The Morgan fingerprint density at radius 2 is 0.921 bits per heavy atom. The molecule has 0 saturated carbocycles. The van der Waals surface area contributed by atoms with Crippen LogP contribution in [0.15, 0.2) is 203 Å². The van der Waals surface area contributed by atoms with Gasteiger partial charge in [-0.3, -0.25) is 0 Å². The van der Waals surface area contributed by atoms with E-state index in [1.165, 1.54) is 5.39 Å². The predicted octanol–water partition coefficient (Wildman–Crippen LogP) is 13.9. The van der Waals surface area contributed by atoms with Crippen molar-refractivity contribution in [3.63, 3.8) is 0 Å². The number of rotatable bonds is 6. The van der Waals surface area contributed by atoms with Crippen molar-refractivity contribution in [2.45, 2.75) is 0 Å². The van der Waals surface area contributed by atoms with Crippen LogP contribution >= 0.6 is 0 Å². The highest BCUT2D eigenvalue weighted by Gasteiger charge is 2.22. The molecule has 294 valence electrons. The highest BCUT2D eigenvalue weighted by Crippen LogP contribution is 2.41. The van der Waals surface area contributed by atoms with E-state index in [1.807, 2.05) is 109 Å². The van der Waals surface area contributed by atoms with Gasteiger partial charge in [-0.25, -0.2) is 24.9 Å². The van der Waals surface area contributed by atoms with Gasteiger partial charge in [0.2, 0.25) is 0 Å². The maximum absolute atomic E-state index is 6.81. The monoisotopic (exact) mass is 808 g/mol. The van der Waals surface area contributed by atoms with Gasteiger partial charge >= 0.3 is 0 Å². The number of nitrogens with zero attached hydrogens (tertiary/aromatic N) is 6. The Balaban J connectivity index is 0.976. The minimum atomic E-state index is 0.540. The highest BCUT2D eigenvalue weighted by atomic mass is 16.3. The molecule has 0 bridgehead atoms. The minimum Gasteiger partial charge on any atom is -0.455 e. The van der Waals surface area contributed by atoms with Crippen molar-refractivity contribution in [2.75, 3.05) is 0 Å². The number of aromatic nitrogens is 6. The Hall–Kier alpha value is -8.75. The summed E-state index contributed by atoms with van der Waals surface area (Å²) in [5.41, 5.74) is 11.9. The van der Waals surface area contributed by atoms with E-state index in [0.717, 1.165) is 82.9 Å². The van der Waals surface area contributed by atoms with Gasteiger partial charge in [0.15, 0.2) is 28.9 Å². The number of fused-ring (bicyclic) bond motifs is 9. The van der Waals surface area contributed by atoms with Crippen LogP contribution in [0.4, 0.5) is 0 Å². The molecule has 5 aromatic heterocycles. The van der Waals surface area contributed by atoms with Crippen molar-refractivity contribution < 1.29 is 8.83 Å². The molecule has 63 heavy (non-hydrogen) atoms. The lowest BCUT2D eigenvalue weighted by atomic mass is 10.1. The molecule has 0 saturated heterocycles. The molecule has 0 aliphatic heterocycles. The van der Waals surface area contributed by atoms with Crippen LogP contribution in [0.3, 0.4) is 0 Å². The first-order valence-corrected chi connectivity index (χ1v) is 20.8. The molecular weight excluding hydrogens is 777 g/mol. The maximum atomic E-state index is 6.81. The summed E-state index contributed by atoms with van der Waals surface area (Å²) >= 11 is 0. The third-order valence-corrected chi connectivity index (χ3v) is 11.9. The summed E-state index contributed by atoms with van der Waals surface area (Å²) in [6.45, 7) is 0. The zero-order valence-electron chi connectivity index (χ0n) is 33.5. The third kappa shape index (κ3) is 5.66. The number of para-hydroxylation sites is 4. The molecule has 0 aliphatic rings. The van der Waals surface area contributed by atoms with Gasteiger partial charge in [-0.2, -0.15) is 0 Å². The SMILES string of the molecule is c1ccc(-c2nc(-c3ccc4c(c3)oc3c(-c5nc(-c6ccccc6)c6oc7ccccc7c6n5)cccc34)nc(-c3ccc4c5ccccc5n(-c5ccccc5)c4c3)n2)cc1. The largest absolute Gasteiger partial charge is 0.455 e. The minimum absolute atomic E-state index is 0.540. The molecule has 0 fully saturated rings. The van der Waals surface area contributed by atoms with Gasteiger partial charge in [-0.15, -0.1) is 0 Å². The summed E-state index contributed by atoms with van der Waals surface area (Å²) in [4.78, 5) is 25.6. The average molecular weight is 809 g/mol. The van der Waals surface area contributed by atoms with Gasteiger partial charge in [0, 0.05) is 54.9 Å². The van der Waals surface area contributed by atoms with Crippen LogP contribution in [0.5, 0.6) is 0 Å². The summed E-state index contributed by atoms with van der Waals surface area (Å²) in [5, 5.41) is 5.19. The van der Waals surface area contributed by atoms with Gasteiger partial charge in [0.1, 0.15) is 28.0 Å². The molecule has 0 aliphatic carbocycles. The molecule has 13 aromatic rings. The average Bonchev–Trinajstić information content (AvgIpc) is 4.03. The molecule has 0 atom stereocenters. The van der Waals surface area contributed by atoms with E-state index in [9.17, 15) is 0 Å². The normalized spacial score (nSPS) is 11.8. The number of benzene rings is 8.